The van der Waals surface area contributed by atoms with Gasteiger partial charge in [-0.25, -0.2) is 4.98 Å². The summed E-state index contributed by atoms with van der Waals surface area (Å²) in [7, 11) is 3.85. The van der Waals surface area contributed by atoms with E-state index in [0.717, 1.165) is 24.9 Å². The van der Waals surface area contributed by atoms with Gasteiger partial charge in [0.2, 0.25) is 0 Å². The van der Waals surface area contributed by atoms with Crippen molar-refractivity contribution in [1.82, 2.24) is 25.1 Å². The average Bonchev–Trinajstić information content (AvgIpc) is 3.22. The molecule has 3 heterocycles. The number of unbranched alkanes of at least 4 members (excludes halogenated alkanes) is 1. The molecule has 27 heavy (non-hydrogen) atoms. The number of hydrogen-bond acceptors (Lipinski definition) is 6. The minimum Gasteiger partial charge on any atom is -0.351 e. The molecule has 1 fully saturated rings. The van der Waals surface area contributed by atoms with Gasteiger partial charge in [-0.3, -0.25) is 9.59 Å². The van der Waals surface area contributed by atoms with Crippen LogP contribution in [0.25, 0.3) is 10.2 Å². The number of aromatic amines is 1. The van der Waals surface area contributed by atoms with Crippen LogP contribution < -0.4 is 10.9 Å². The summed E-state index contributed by atoms with van der Waals surface area (Å²) in [4.78, 5) is 38.0. The van der Waals surface area contributed by atoms with Crippen molar-refractivity contribution in [2.45, 2.75) is 39.2 Å². The van der Waals surface area contributed by atoms with E-state index in [1.54, 1.807) is 0 Å². The Bertz CT molecular complexity index is 852. The Morgan fingerprint density at radius 1 is 1.30 bits per heavy atom. The van der Waals surface area contributed by atoms with Crippen molar-refractivity contribution in [3.63, 3.8) is 0 Å². The summed E-state index contributed by atoms with van der Waals surface area (Å²) in [5.74, 6) is 0.512. The molecule has 0 spiro atoms. The molecule has 0 atom stereocenters. The Labute approximate surface area is 163 Å². The van der Waals surface area contributed by atoms with Crippen LogP contribution in [0, 0.1) is 6.92 Å². The van der Waals surface area contributed by atoms with E-state index in [1.807, 2.05) is 25.9 Å². The molecule has 1 aliphatic heterocycles. The highest BCUT2D eigenvalue weighted by Gasteiger charge is 2.19. The summed E-state index contributed by atoms with van der Waals surface area (Å²) in [5, 5.41) is 3.53. The topological polar surface area (TPSA) is 81.3 Å². The van der Waals surface area contributed by atoms with Gasteiger partial charge in [0.05, 0.1) is 16.8 Å². The van der Waals surface area contributed by atoms with Crippen molar-refractivity contribution in [1.29, 1.82) is 0 Å². The maximum atomic E-state index is 12.6. The van der Waals surface area contributed by atoms with Gasteiger partial charge >= 0.3 is 0 Å². The molecule has 2 N–H and O–H groups in total. The van der Waals surface area contributed by atoms with Crippen molar-refractivity contribution in [2.24, 2.45) is 0 Å². The molecule has 3 rings (SSSR count). The first kappa shape index (κ1) is 20.0. The minimum atomic E-state index is -0.171. The number of carbonyl (C=O) groups is 1. The Kier molecular flexibility index (Phi) is 6.62. The largest absolute Gasteiger partial charge is 0.351 e. The minimum absolute atomic E-state index is 0.106. The third-order valence-electron chi connectivity index (χ3n) is 4.91. The number of aryl methyl sites for hydroxylation is 1. The van der Waals surface area contributed by atoms with Gasteiger partial charge in [-0.15, -0.1) is 11.3 Å². The van der Waals surface area contributed by atoms with E-state index in [1.165, 1.54) is 37.3 Å². The van der Waals surface area contributed by atoms with E-state index in [2.05, 4.69) is 20.2 Å². The van der Waals surface area contributed by atoms with Gasteiger partial charge in [0.1, 0.15) is 10.7 Å². The number of hydrogen-bond donors (Lipinski definition) is 2. The van der Waals surface area contributed by atoms with Crippen molar-refractivity contribution in [2.75, 3.05) is 40.3 Å². The summed E-state index contributed by atoms with van der Waals surface area (Å²) in [6.07, 6.45) is 4.69. The maximum absolute atomic E-state index is 12.6. The standard InChI is InChI=1S/C19H29N5O2S/c1-13-15-17(25)21-14(12-23(2)3)22-19(15)27-16(13)18(26)20-8-4-5-9-24-10-6-7-11-24/h4-12H2,1-3H3,(H,20,26)(H,21,22,25). The second-order valence-electron chi connectivity index (χ2n) is 7.50. The van der Waals surface area contributed by atoms with E-state index < -0.39 is 0 Å². The molecule has 0 aromatic carbocycles. The fourth-order valence-electron chi connectivity index (χ4n) is 3.53. The zero-order valence-corrected chi connectivity index (χ0v) is 17.2. The SMILES string of the molecule is Cc1c(C(=O)NCCCCN2CCCC2)sc2nc(CN(C)C)[nH]c(=O)c12. The fraction of sp³-hybridized carbons (Fsp3) is 0.632. The molecule has 148 valence electrons. The molecule has 0 aliphatic carbocycles. The van der Waals surface area contributed by atoms with Crippen LogP contribution in [0.15, 0.2) is 4.79 Å². The Hall–Kier alpha value is -1.77. The van der Waals surface area contributed by atoms with Gasteiger partial charge in [-0.2, -0.15) is 0 Å². The zero-order chi connectivity index (χ0) is 19.4. The molecule has 8 heteroatoms. The normalized spacial score (nSPS) is 15.1. The first-order chi connectivity index (χ1) is 13.0. The van der Waals surface area contributed by atoms with Gasteiger partial charge in [0, 0.05) is 6.54 Å². The van der Waals surface area contributed by atoms with Crippen LogP contribution in [0.3, 0.4) is 0 Å². The number of aromatic nitrogens is 2. The number of amides is 1. The van der Waals surface area contributed by atoms with Crippen molar-refractivity contribution in [3.05, 3.63) is 26.6 Å². The molecule has 2 aromatic heterocycles. The van der Waals surface area contributed by atoms with Gasteiger partial charge in [-0.1, -0.05) is 0 Å². The fourth-order valence-corrected chi connectivity index (χ4v) is 4.65. The highest BCUT2D eigenvalue weighted by molar-refractivity contribution is 7.20. The number of likely N-dealkylation sites (tertiary alicyclic amines) is 1. The summed E-state index contributed by atoms with van der Waals surface area (Å²) >= 11 is 1.30. The number of nitrogens with zero attached hydrogens (tertiary/aromatic N) is 3. The molecule has 0 saturated carbocycles. The van der Waals surface area contributed by atoms with Crippen molar-refractivity contribution >= 4 is 27.5 Å². The average molecular weight is 392 g/mol. The quantitative estimate of drug-likeness (QED) is 0.673. The highest BCUT2D eigenvalue weighted by Crippen LogP contribution is 2.27. The lowest BCUT2D eigenvalue weighted by Crippen LogP contribution is -2.26. The Morgan fingerprint density at radius 3 is 2.74 bits per heavy atom. The predicted molar refractivity (Wildman–Crippen MR) is 110 cm³/mol. The van der Waals surface area contributed by atoms with Crippen molar-refractivity contribution in [3.8, 4) is 0 Å². The first-order valence-electron chi connectivity index (χ1n) is 9.63. The van der Waals surface area contributed by atoms with Crippen LogP contribution in [-0.4, -0.2) is 65.9 Å². The summed E-state index contributed by atoms with van der Waals surface area (Å²) in [6, 6.07) is 0. The number of thiophene rings is 1. The van der Waals surface area contributed by atoms with Gasteiger partial charge in [0.25, 0.3) is 11.5 Å². The summed E-state index contributed by atoms with van der Waals surface area (Å²) < 4.78 is 0. The number of fused-ring (bicyclic) bond motifs is 1. The molecule has 7 nitrogen and oxygen atoms in total. The number of rotatable bonds is 8. The highest BCUT2D eigenvalue weighted by atomic mass is 32.1. The summed E-state index contributed by atoms with van der Waals surface area (Å²) in [5.41, 5.74) is 0.546. The molecular weight excluding hydrogens is 362 g/mol. The number of carbonyl (C=O) groups excluding carboxylic acids is 1. The van der Waals surface area contributed by atoms with Crippen LogP contribution >= 0.6 is 11.3 Å². The van der Waals surface area contributed by atoms with Gasteiger partial charge in [0.15, 0.2) is 0 Å². The molecule has 1 amide bonds. The number of H-pyrrole nitrogens is 1. The van der Waals surface area contributed by atoms with Crippen LogP contribution in [-0.2, 0) is 6.54 Å². The second-order valence-corrected chi connectivity index (χ2v) is 8.50. The molecule has 0 unspecified atom stereocenters. The molecule has 0 radical (unpaired) electrons. The molecule has 2 aromatic rings. The van der Waals surface area contributed by atoms with Gasteiger partial charge < -0.3 is 20.1 Å². The first-order valence-corrected chi connectivity index (χ1v) is 10.4. The third kappa shape index (κ3) is 4.94. The van der Waals surface area contributed by atoms with E-state index in [4.69, 9.17) is 0 Å². The lowest BCUT2D eigenvalue weighted by atomic mass is 10.2. The predicted octanol–water partition coefficient (Wildman–Crippen LogP) is 1.96. The van der Waals surface area contributed by atoms with Crippen molar-refractivity contribution < 1.29 is 4.79 Å². The van der Waals surface area contributed by atoms with E-state index in [0.29, 0.717) is 34.0 Å². The van der Waals surface area contributed by atoms with Crippen LogP contribution in [0.2, 0.25) is 0 Å². The van der Waals surface area contributed by atoms with E-state index in [-0.39, 0.29) is 11.5 Å². The van der Waals surface area contributed by atoms with E-state index >= 15 is 0 Å². The lowest BCUT2D eigenvalue weighted by molar-refractivity contribution is 0.0956. The third-order valence-corrected chi connectivity index (χ3v) is 6.09. The monoisotopic (exact) mass is 391 g/mol. The Balaban J connectivity index is 1.61. The molecule has 1 saturated heterocycles. The van der Waals surface area contributed by atoms with Crippen LogP contribution in [0.1, 0.15) is 46.7 Å². The zero-order valence-electron chi connectivity index (χ0n) is 16.4. The molecule has 1 aliphatic rings. The molecular formula is C19H29N5O2S. The number of nitrogens with one attached hydrogen (secondary N) is 2. The van der Waals surface area contributed by atoms with Crippen LogP contribution in [0.5, 0.6) is 0 Å². The van der Waals surface area contributed by atoms with Gasteiger partial charge in [-0.05, 0) is 71.9 Å². The maximum Gasteiger partial charge on any atom is 0.261 e. The lowest BCUT2D eigenvalue weighted by Gasteiger charge is -2.13. The smallest absolute Gasteiger partial charge is 0.261 e. The van der Waals surface area contributed by atoms with Crippen LogP contribution in [0.4, 0.5) is 0 Å². The Morgan fingerprint density at radius 2 is 2.04 bits per heavy atom. The second kappa shape index (κ2) is 8.95. The molecule has 0 bridgehead atoms. The van der Waals surface area contributed by atoms with E-state index in [9.17, 15) is 9.59 Å². The summed E-state index contributed by atoms with van der Waals surface area (Å²) in [6.45, 7) is 6.58.